The monoisotopic (exact) mass is 299 g/mol. The maximum Gasteiger partial charge on any atom is 0.0460 e. The summed E-state index contributed by atoms with van der Waals surface area (Å²) in [7, 11) is 0. The molecule has 19 heavy (non-hydrogen) atoms. The molecule has 0 saturated carbocycles. The van der Waals surface area contributed by atoms with Crippen molar-refractivity contribution in [2.24, 2.45) is 0 Å². The predicted molar refractivity (Wildman–Crippen MR) is 84.5 cm³/mol. The number of rotatable bonds is 3. The Bertz CT molecular complexity index is 420. The summed E-state index contributed by atoms with van der Waals surface area (Å²) in [5.74, 6) is 0. The third kappa shape index (κ3) is 3.87. The van der Waals surface area contributed by atoms with Crippen LogP contribution in [0.2, 0.25) is 10.0 Å². The first-order valence-corrected chi connectivity index (χ1v) is 7.84. The molecule has 1 aliphatic rings. The van der Waals surface area contributed by atoms with Crippen LogP contribution in [0.15, 0.2) is 12.1 Å². The van der Waals surface area contributed by atoms with Gasteiger partial charge < -0.3 is 4.90 Å². The second kappa shape index (κ2) is 6.03. The maximum absolute atomic E-state index is 6.42. The Morgan fingerprint density at radius 3 is 2.05 bits per heavy atom. The number of hydrogen-bond acceptors (Lipinski definition) is 1. The minimum Gasteiger partial charge on any atom is -0.303 e. The van der Waals surface area contributed by atoms with Crippen LogP contribution >= 0.6 is 23.2 Å². The average Bonchev–Trinajstić information content (AvgIpc) is 2.76. The fourth-order valence-corrected chi connectivity index (χ4v) is 3.88. The third-order valence-corrected chi connectivity index (χ3v) is 4.36. The van der Waals surface area contributed by atoms with E-state index in [0.29, 0.717) is 0 Å². The molecule has 3 heteroatoms. The Kier molecular flexibility index (Phi) is 4.81. The summed E-state index contributed by atoms with van der Waals surface area (Å²) in [6, 6.07) is 4.17. The SMILES string of the molecule is CC(C)(C)c1c(Cl)cc(CCN2CCCC2)cc1Cl. The zero-order valence-electron chi connectivity index (χ0n) is 12.1. The molecule has 2 rings (SSSR count). The lowest BCUT2D eigenvalue weighted by Crippen LogP contribution is -2.22. The van der Waals surface area contributed by atoms with Gasteiger partial charge in [0.25, 0.3) is 0 Å². The topological polar surface area (TPSA) is 3.24 Å². The lowest BCUT2D eigenvalue weighted by Gasteiger charge is -2.23. The van der Waals surface area contributed by atoms with Crippen molar-refractivity contribution in [3.05, 3.63) is 33.3 Å². The molecule has 1 saturated heterocycles. The van der Waals surface area contributed by atoms with Crippen LogP contribution in [-0.2, 0) is 11.8 Å². The van der Waals surface area contributed by atoms with E-state index in [2.05, 4.69) is 37.8 Å². The van der Waals surface area contributed by atoms with E-state index in [1.807, 2.05) is 0 Å². The summed E-state index contributed by atoms with van der Waals surface area (Å²) in [6.45, 7) is 10.0. The number of hydrogen-bond donors (Lipinski definition) is 0. The van der Waals surface area contributed by atoms with Crippen LogP contribution in [0.5, 0.6) is 0 Å². The number of likely N-dealkylation sites (tertiary alicyclic amines) is 1. The summed E-state index contributed by atoms with van der Waals surface area (Å²) < 4.78 is 0. The molecule has 0 bridgehead atoms. The molecule has 106 valence electrons. The summed E-state index contributed by atoms with van der Waals surface area (Å²) in [6.07, 6.45) is 3.71. The van der Waals surface area contributed by atoms with Crippen LogP contribution in [0.25, 0.3) is 0 Å². The predicted octanol–water partition coefficient (Wildman–Crippen LogP) is 4.93. The van der Waals surface area contributed by atoms with Crippen LogP contribution in [0, 0.1) is 0 Å². The Balaban J connectivity index is 2.11. The molecule has 0 radical (unpaired) electrons. The second-order valence-electron chi connectivity index (χ2n) is 6.48. The van der Waals surface area contributed by atoms with Crippen molar-refractivity contribution < 1.29 is 0 Å². The molecule has 0 aromatic heterocycles. The normalized spacial score (nSPS) is 17.1. The van der Waals surface area contributed by atoms with Gasteiger partial charge in [-0.1, -0.05) is 44.0 Å². The molecule has 0 unspecified atom stereocenters. The largest absolute Gasteiger partial charge is 0.303 e. The van der Waals surface area contributed by atoms with Crippen LogP contribution in [0.1, 0.15) is 44.7 Å². The van der Waals surface area contributed by atoms with Crippen LogP contribution < -0.4 is 0 Å². The van der Waals surface area contributed by atoms with Gasteiger partial charge in [0.1, 0.15) is 0 Å². The first-order chi connectivity index (χ1) is 8.88. The van der Waals surface area contributed by atoms with E-state index in [-0.39, 0.29) is 5.41 Å². The van der Waals surface area contributed by atoms with Gasteiger partial charge in [-0.25, -0.2) is 0 Å². The Morgan fingerprint density at radius 2 is 1.58 bits per heavy atom. The van der Waals surface area contributed by atoms with E-state index in [1.54, 1.807) is 0 Å². The molecule has 0 N–H and O–H groups in total. The van der Waals surface area contributed by atoms with Gasteiger partial charge in [-0.2, -0.15) is 0 Å². The van der Waals surface area contributed by atoms with Crippen LogP contribution in [-0.4, -0.2) is 24.5 Å². The standard InChI is InChI=1S/C16H23Cl2N/c1-16(2,3)15-13(17)10-12(11-14(15)18)6-9-19-7-4-5-8-19/h10-11H,4-9H2,1-3H3. The molecular formula is C16H23Cl2N. The van der Waals surface area contributed by atoms with E-state index in [0.717, 1.165) is 28.6 Å². The van der Waals surface area contributed by atoms with Gasteiger partial charge in [0.05, 0.1) is 0 Å². The third-order valence-electron chi connectivity index (χ3n) is 3.77. The van der Waals surface area contributed by atoms with E-state index in [4.69, 9.17) is 23.2 Å². The lowest BCUT2D eigenvalue weighted by molar-refractivity contribution is 0.343. The Morgan fingerprint density at radius 1 is 1.05 bits per heavy atom. The average molecular weight is 300 g/mol. The van der Waals surface area contributed by atoms with E-state index >= 15 is 0 Å². The Labute approximate surface area is 126 Å². The van der Waals surface area contributed by atoms with Crippen LogP contribution in [0.4, 0.5) is 0 Å². The Hall–Kier alpha value is -0.240. The van der Waals surface area contributed by atoms with E-state index in [9.17, 15) is 0 Å². The second-order valence-corrected chi connectivity index (χ2v) is 7.30. The maximum atomic E-state index is 6.42. The molecule has 1 aromatic rings. The first-order valence-electron chi connectivity index (χ1n) is 7.08. The summed E-state index contributed by atoms with van der Waals surface area (Å²) in [5, 5.41) is 1.60. The number of benzene rings is 1. The van der Waals surface area contributed by atoms with Gasteiger partial charge in [0.15, 0.2) is 0 Å². The smallest absolute Gasteiger partial charge is 0.0460 e. The van der Waals surface area contributed by atoms with Gasteiger partial charge in [-0.15, -0.1) is 0 Å². The minimum absolute atomic E-state index is 0.0123. The van der Waals surface area contributed by atoms with Gasteiger partial charge in [-0.3, -0.25) is 0 Å². The number of halogens is 2. The quantitative estimate of drug-likeness (QED) is 0.765. The zero-order valence-corrected chi connectivity index (χ0v) is 13.6. The molecule has 0 atom stereocenters. The van der Waals surface area contributed by atoms with Crippen molar-refractivity contribution in [2.75, 3.05) is 19.6 Å². The highest BCUT2D eigenvalue weighted by atomic mass is 35.5. The fraction of sp³-hybridized carbons (Fsp3) is 0.625. The van der Waals surface area contributed by atoms with Crippen molar-refractivity contribution in [3.63, 3.8) is 0 Å². The van der Waals surface area contributed by atoms with Crippen LogP contribution in [0.3, 0.4) is 0 Å². The molecule has 0 spiro atoms. The lowest BCUT2D eigenvalue weighted by atomic mass is 9.86. The van der Waals surface area contributed by atoms with Gasteiger partial charge >= 0.3 is 0 Å². The highest BCUT2D eigenvalue weighted by Gasteiger charge is 2.21. The first kappa shape index (κ1) is 15.2. The minimum atomic E-state index is -0.0123. The highest BCUT2D eigenvalue weighted by Crippen LogP contribution is 2.36. The van der Waals surface area contributed by atoms with Crippen molar-refractivity contribution in [1.82, 2.24) is 4.90 Å². The zero-order chi connectivity index (χ0) is 14.0. The van der Waals surface area contributed by atoms with Gasteiger partial charge in [0.2, 0.25) is 0 Å². The molecular weight excluding hydrogens is 277 g/mol. The fourth-order valence-electron chi connectivity index (χ4n) is 2.78. The molecule has 1 fully saturated rings. The highest BCUT2D eigenvalue weighted by molar-refractivity contribution is 6.36. The summed E-state index contributed by atoms with van der Waals surface area (Å²) >= 11 is 12.8. The van der Waals surface area contributed by atoms with E-state index < -0.39 is 0 Å². The summed E-state index contributed by atoms with van der Waals surface area (Å²) in [5.41, 5.74) is 2.29. The summed E-state index contributed by atoms with van der Waals surface area (Å²) in [4.78, 5) is 2.51. The molecule has 1 heterocycles. The molecule has 0 aliphatic carbocycles. The molecule has 1 aromatic carbocycles. The van der Waals surface area contributed by atoms with E-state index in [1.165, 1.54) is 31.5 Å². The molecule has 1 nitrogen and oxygen atoms in total. The number of nitrogens with zero attached hydrogens (tertiary/aromatic N) is 1. The van der Waals surface area contributed by atoms with Gasteiger partial charge in [0, 0.05) is 16.6 Å². The van der Waals surface area contributed by atoms with Crippen molar-refractivity contribution in [3.8, 4) is 0 Å². The van der Waals surface area contributed by atoms with Crippen molar-refractivity contribution in [1.29, 1.82) is 0 Å². The van der Waals surface area contributed by atoms with Gasteiger partial charge in [-0.05, 0) is 61.0 Å². The van der Waals surface area contributed by atoms with Crippen molar-refractivity contribution >= 4 is 23.2 Å². The van der Waals surface area contributed by atoms with Crippen molar-refractivity contribution in [2.45, 2.75) is 45.4 Å². The molecule has 1 aliphatic heterocycles. The molecule has 0 amide bonds.